The summed E-state index contributed by atoms with van der Waals surface area (Å²) in [6.07, 6.45) is 3.14. The third-order valence-corrected chi connectivity index (χ3v) is 6.35. The number of alkyl carbamates (subject to hydrolysis) is 1. The van der Waals surface area contributed by atoms with Crippen LogP contribution < -0.4 is 10.2 Å². The number of aromatic nitrogens is 4. The fraction of sp³-hybridized carbons (Fsp3) is 0.357. The van der Waals surface area contributed by atoms with Crippen molar-refractivity contribution in [3.05, 3.63) is 60.2 Å². The number of hydrogen-bond donors (Lipinski definition) is 2. The van der Waals surface area contributed by atoms with Crippen molar-refractivity contribution in [1.82, 2.24) is 25.3 Å². The van der Waals surface area contributed by atoms with Gasteiger partial charge in [0, 0.05) is 37.0 Å². The highest BCUT2D eigenvalue weighted by Gasteiger charge is 2.20. The molecular weight excluding hydrogens is 490 g/mol. The fourth-order valence-electron chi connectivity index (χ4n) is 4.42. The third-order valence-electron chi connectivity index (χ3n) is 6.35. The molecule has 0 spiro atoms. The second kappa shape index (κ2) is 10.4. The van der Waals surface area contributed by atoms with Crippen molar-refractivity contribution in [2.75, 3.05) is 18.0 Å². The molecule has 198 valence electrons. The van der Waals surface area contributed by atoms with E-state index in [2.05, 4.69) is 25.2 Å². The summed E-state index contributed by atoms with van der Waals surface area (Å²) in [5.41, 5.74) is 3.81. The Morgan fingerprint density at radius 3 is 2.63 bits per heavy atom. The van der Waals surface area contributed by atoms with Crippen LogP contribution in [-0.4, -0.2) is 50.9 Å². The number of nitrogens with zero attached hydrogens (tertiary/aromatic N) is 4. The summed E-state index contributed by atoms with van der Waals surface area (Å²) in [5, 5.41) is 2.58. The number of H-pyrrole nitrogens is 1. The molecule has 3 aromatic heterocycles. The lowest BCUT2D eigenvalue weighted by molar-refractivity contribution is 0.0523. The van der Waals surface area contributed by atoms with Crippen LogP contribution in [0.1, 0.15) is 39.2 Å². The zero-order valence-electron chi connectivity index (χ0n) is 21.6. The van der Waals surface area contributed by atoms with Crippen LogP contribution in [0.25, 0.3) is 33.8 Å². The van der Waals surface area contributed by atoms with Crippen molar-refractivity contribution in [3.8, 4) is 22.6 Å². The van der Waals surface area contributed by atoms with E-state index in [-0.39, 0.29) is 6.54 Å². The highest BCUT2D eigenvalue weighted by Crippen LogP contribution is 2.30. The molecule has 0 radical (unpaired) electrons. The molecule has 10 heteroatoms. The van der Waals surface area contributed by atoms with E-state index in [9.17, 15) is 13.6 Å². The Hall–Kier alpha value is -4.08. The number of pyridine rings is 2. The first-order chi connectivity index (χ1) is 18.2. The Morgan fingerprint density at radius 1 is 1.16 bits per heavy atom. The van der Waals surface area contributed by atoms with E-state index in [1.807, 2.05) is 12.1 Å². The summed E-state index contributed by atoms with van der Waals surface area (Å²) in [4.78, 5) is 30.9. The van der Waals surface area contributed by atoms with Gasteiger partial charge in [0.25, 0.3) is 0 Å². The Labute approximate surface area is 219 Å². The number of anilines is 1. The van der Waals surface area contributed by atoms with Crippen LogP contribution in [0.2, 0.25) is 0 Å². The van der Waals surface area contributed by atoms with Crippen LogP contribution in [0.4, 0.5) is 19.3 Å². The van der Waals surface area contributed by atoms with Crippen LogP contribution in [0, 0.1) is 5.82 Å². The first-order valence-electron chi connectivity index (χ1n) is 12.6. The summed E-state index contributed by atoms with van der Waals surface area (Å²) in [6, 6.07) is 10.5. The van der Waals surface area contributed by atoms with Crippen molar-refractivity contribution in [2.24, 2.45) is 0 Å². The molecule has 4 aromatic rings. The van der Waals surface area contributed by atoms with Gasteiger partial charge in [0.1, 0.15) is 28.8 Å². The first-order valence-corrected chi connectivity index (χ1v) is 12.6. The molecule has 2 N–H and O–H groups in total. The van der Waals surface area contributed by atoms with Gasteiger partial charge in [-0.3, -0.25) is 4.98 Å². The van der Waals surface area contributed by atoms with Gasteiger partial charge in [-0.05, 0) is 63.4 Å². The van der Waals surface area contributed by atoms with Gasteiger partial charge in [-0.2, -0.15) is 0 Å². The molecule has 1 amide bonds. The summed E-state index contributed by atoms with van der Waals surface area (Å²) in [6.45, 7) is 6.65. The van der Waals surface area contributed by atoms with Gasteiger partial charge in [-0.1, -0.05) is 12.1 Å². The van der Waals surface area contributed by atoms with E-state index >= 15 is 0 Å². The molecule has 1 saturated heterocycles. The van der Waals surface area contributed by atoms with Crippen molar-refractivity contribution < 1.29 is 18.3 Å². The van der Waals surface area contributed by atoms with Crippen molar-refractivity contribution in [1.29, 1.82) is 0 Å². The lowest BCUT2D eigenvalue weighted by atomic mass is 10.0. The quantitative estimate of drug-likeness (QED) is 0.346. The Kier molecular flexibility index (Phi) is 6.96. The number of piperidine rings is 1. The maximum atomic E-state index is 14.9. The zero-order chi connectivity index (χ0) is 26.9. The number of benzene rings is 1. The van der Waals surface area contributed by atoms with Gasteiger partial charge in [-0.25, -0.2) is 23.5 Å². The minimum atomic E-state index is -0.727. The fourth-order valence-corrected chi connectivity index (χ4v) is 4.42. The van der Waals surface area contributed by atoms with Crippen LogP contribution in [0.5, 0.6) is 0 Å². The highest BCUT2D eigenvalue weighted by molar-refractivity contribution is 5.91. The minimum absolute atomic E-state index is 0.00673. The van der Waals surface area contributed by atoms with E-state index in [1.165, 1.54) is 6.07 Å². The van der Waals surface area contributed by atoms with Gasteiger partial charge in [-0.15, -0.1) is 0 Å². The molecule has 1 aliphatic rings. The monoisotopic (exact) mass is 520 g/mol. The van der Waals surface area contributed by atoms with Crippen molar-refractivity contribution >= 4 is 22.9 Å². The Balaban J connectivity index is 1.34. The molecule has 38 heavy (non-hydrogen) atoms. The van der Waals surface area contributed by atoms with E-state index in [0.717, 1.165) is 5.69 Å². The van der Waals surface area contributed by atoms with E-state index in [1.54, 1.807) is 51.4 Å². The molecule has 8 nitrogen and oxygen atoms in total. The number of nitrogens with one attached hydrogen (secondary N) is 2. The molecular formula is C28H30F2N6O2. The van der Waals surface area contributed by atoms with Gasteiger partial charge in [0.2, 0.25) is 0 Å². The lowest BCUT2D eigenvalue weighted by Gasteiger charge is -2.30. The number of halogens is 2. The maximum absolute atomic E-state index is 14.9. The number of imidazole rings is 1. The average Bonchev–Trinajstić information content (AvgIpc) is 3.32. The van der Waals surface area contributed by atoms with Crippen molar-refractivity contribution in [2.45, 2.75) is 51.9 Å². The first kappa shape index (κ1) is 25.6. The number of carbonyl (C=O) groups excluding carboxylic acids is 1. The lowest BCUT2D eigenvalue weighted by Crippen LogP contribution is -2.34. The van der Waals surface area contributed by atoms with Gasteiger partial charge >= 0.3 is 6.09 Å². The Bertz CT molecular complexity index is 1440. The summed E-state index contributed by atoms with van der Waals surface area (Å²) < 4.78 is 33.6. The van der Waals surface area contributed by atoms with Gasteiger partial charge < -0.3 is 19.9 Å². The number of rotatable bonds is 5. The topological polar surface area (TPSA) is 96.0 Å². The SMILES string of the molecule is CC(C)(C)OC(=O)NCc1ccc(-c2ccnc3[nH]c(-c4ccc(N5CCC(F)CC5)cn4)nc23)cc1F. The number of aromatic amines is 1. The number of alkyl halides is 1. The minimum Gasteiger partial charge on any atom is -0.444 e. The molecule has 0 unspecified atom stereocenters. The molecule has 0 atom stereocenters. The van der Waals surface area contributed by atoms with Gasteiger partial charge in [0.15, 0.2) is 11.5 Å². The van der Waals surface area contributed by atoms with Crippen molar-refractivity contribution in [3.63, 3.8) is 0 Å². The molecule has 0 aliphatic carbocycles. The number of carbonyl (C=O) groups is 1. The second-order valence-electron chi connectivity index (χ2n) is 10.4. The third kappa shape index (κ3) is 5.74. The summed E-state index contributed by atoms with van der Waals surface area (Å²) in [7, 11) is 0. The van der Waals surface area contributed by atoms with E-state index in [0.29, 0.717) is 65.3 Å². The van der Waals surface area contributed by atoms with Crippen LogP contribution >= 0.6 is 0 Å². The zero-order valence-corrected chi connectivity index (χ0v) is 21.6. The van der Waals surface area contributed by atoms with E-state index in [4.69, 9.17) is 9.72 Å². The standard InChI is InChI=1S/C28H30F2N6O2/c1-28(2,3)38-27(37)33-15-18-5-4-17(14-22(18)30)21-8-11-31-26-24(21)34-25(35-26)23-7-6-20(16-32-23)36-12-9-19(29)10-13-36/h4-8,11,14,16,19H,9-10,12-13,15H2,1-3H3,(H,33,37)(H,31,34,35). The van der Waals surface area contributed by atoms with Crippen LogP contribution in [0.3, 0.4) is 0 Å². The number of hydrogen-bond acceptors (Lipinski definition) is 6. The number of amides is 1. The molecule has 1 fully saturated rings. The maximum Gasteiger partial charge on any atom is 0.407 e. The molecule has 0 saturated carbocycles. The van der Waals surface area contributed by atoms with Gasteiger partial charge in [0.05, 0.1) is 11.9 Å². The predicted molar refractivity (Wildman–Crippen MR) is 142 cm³/mol. The predicted octanol–water partition coefficient (Wildman–Crippen LogP) is 5.79. The largest absolute Gasteiger partial charge is 0.444 e. The molecule has 0 bridgehead atoms. The van der Waals surface area contributed by atoms with E-state index < -0.39 is 23.7 Å². The van der Waals surface area contributed by atoms with Crippen LogP contribution in [0.15, 0.2) is 48.8 Å². The molecule has 5 rings (SSSR count). The summed E-state index contributed by atoms with van der Waals surface area (Å²) in [5.74, 6) is 0.0981. The molecule has 1 aromatic carbocycles. The Morgan fingerprint density at radius 2 is 1.95 bits per heavy atom. The number of ether oxygens (including phenoxy) is 1. The second-order valence-corrected chi connectivity index (χ2v) is 10.4. The highest BCUT2D eigenvalue weighted by atomic mass is 19.1. The molecule has 4 heterocycles. The smallest absolute Gasteiger partial charge is 0.407 e. The summed E-state index contributed by atoms with van der Waals surface area (Å²) >= 11 is 0. The average molecular weight is 521 g/mol. The normalized spacial score (nSPS) is 14.6. The number of fused-ring (bicyclic) bond motifs is 1. The van der Waals surface area contributed by atoms with Crippen LogP contribution in [-0.2, 0) is 11.3 Å². The molecule has 1 aliphatic heterocycles.